The first-order chi connectivity index (χ1) is 14.2. The maximum Gasteiger partial charge on any atom is 0.276 e. The fraction of sp³-hybridized carbons (Fsp3) is 0.565. The van der Waals surface area contributed by atoms with Crippen molar-refractivity contribution in [2.45, 2.75) is 46.6 Å². The van der Waals surface area contributed by atoms with Gasteiger partial charge in [-0.2, -0.15) is 0 Å². The molecule has 2 heterocycles. The molecule has 0 saturated carbocycles. The second-order valence-electron chi connectivity index (χ2n) is 9.51. The van der Waals surface area contributed by atoms with Crippen LogP contribution in [0, 0.1) is 11.3 Å². The van der Waals surface area contributed by atoms with E-state index in [1.165, 1.54) is 0 Å². The lowest BCUT2D eigenvalue weighted by molar-refractivity contribution is 0.0617. The van der Waals surface area contributed by atoms with Crippen LogP contribution in [0.25, 0.3) is 0 Å². The lowest BCUT2D eigenvalue weighted by atomic mass is 9.71. The SMILES string of the molecule is CC(C)(C)C1CCc2onc(C(=O)N3CCN(Cc4c(Cl)cccc4Cl)CC3)c2C1. The van der Waals surface area contributed by atoms with E-state index in [1.807, 2.05) is 23.1 Å². The highest BCUT2D eigenvalue weighted by atomic mass is 35.5. The third-order valence-electron chi connectivity index (χ3n) is 6.57. The summed E-state index contributed by atoms with van der Waals surface area (Å²) < 4.78 is 5.55. The fourth-order valence-corrected chi connectivity index (χ4v) is 4.99. The van der Waals surface area contributed by atoms with Crippen molar-refractivity contribution in [3.05, 3.63) is 50.8 Å². The summed E-state index contributed by atoms with van der Waals surface area (Å²) in [4.78, 5) is 17.4. The van der Waals surface area contributed by atoms with Crippen LogP contribution in [-0.2, 0) is 19.4 Å². The molecule has 1 aliphatic heterocycles. The van der Waals surface area contributed by atoms with Crippen molar-refractivity contribution in [3.63, 3.8) is 0 Å². The van der Waals surface area contributed by atoms with Crippen LogP contribution in [0.4, 0.5) is 0 Å². The summed E-state index contributed by atoms with van der Waals surface area (Å²) >= 11 is 12.6. The van der Waals surface area contributed by atoms with Crippen LogP contribution in [0.15, 0.2) is 22.7 Å². The van der Waals surface area contributed by atoms with Gasteiger partial charge in [-0.1, -0.05) is 55.2 Å². The summed E-state index contributed by atoms with van der Waals surface area (Å²) in [6.45, 7) is 10.4. The van der Waals surface area contributed by atoms with E-state index in [1.54, 1.807) is 0 Å². The Morgan fingerprint density at radius 2 is 1.83 bits per heavy atom. The standard InChI is InChI=1S/C23H29Cl2N3O2/c1-23(2,3)15-7-8-20-16(13-15)21(26-30-20)22(29)28-11-9-27(10-12-28)14-17-18(24)5-4-6-19(17)25/h4-6,15H,7-14H2,1-3H3. The molecular formula is C23H29Cl2N3O2. The van der Waals surface area contributed by atoms with E-state index in [4.69, 9.17) is 27.7 Å². The number of aromatic nitrogens is 1. The van der Waals surface area contributed by atoms with Crippen LogP contribution >= 0.6 is 23.2 Å². The summed E-state index contributed by atoms with van der Waals surface area (Å²) in [6, 6.07) is 5.58. The third-order valence-corrected chi connectivity index (χ3v) is 7.28. The number of fused-ring (bicyclic) bond motifs is 1. The summed E-state index contributed by atoms with van der Waals surface area (Å²) in [5, 5.41) is 5.55. The van der Waals surface area contributed by atoms with E-state index in [0.717, 1.165) is 49.2 Å². The van der Waals surface area contributed by atoms with Gasteiger partial charge in [0.2, 0.25) is 0 Å². The first-order valence-corrected chi connectivity index (χ1v) is 11.4. The minimum atomic E-state index is -0.00927. The first kappa shape index (κ1) is 21.7. The average molecular weight is 450 g/mol. The quantitative estimate of drug-likeness (QED) is 0.654. The molecule has 7 heteroatoms. The molecule has 1 saturated heterocycles. The van der Waals surface area contributed by atoms with E-state index < -0.39 is 0 Å². The van der Waals surface area contributed by atoms with Crippen molar-refractivity contribution >= 4 is 29.1 Å². The predicted octanol–water partition coefficient (Wildman–Crippen LogP) is 5.09. The van der Waals surface area contributed by atoms with E-state index in [-0.39, 0.29) is 11.3 Å². The van der Waals surface area contributed by atoms with Gasteiger partial charge in [0.05, 0.1) is 0 Å². The highest BCUT2D eigenvalue weighted by Crippen LogP contribution is 2.38. The summed E-state index contributed by atoms with van der Waals surface area (Å²) in [6.07, 6.45) is 2.82. The number of piperazine rings is 1. The molecule has 162 valence electrons. The van der Waals surface area contributed by atoms with Gasteiger partial charge in [0.15, 0.2) is 5.69 Å². The van der Waals surface area contributed by atoms with Crippen molar-refractivity contribution < 1.29 is 9.32 Å². The minimum absolute atomic E-state index is 0.00927. The molecule has 2 aliphatic rings. The monoisotopic (exact) mass is 449 g/mol. The first-order valence-electron chi connectivity index (χ1n) is 10.7. The van der Waals surface area contributed by atoms with Gasteiger partial charge >= 0.3 is 0 Å². The fourth-order valence-electron chi connectivity index (χ4n) is 4.48. The number of amides is 1. The molecule has 1 fully saturated rings. The van der Waals surface area contributed by atoms with Crippen LogP contribution in [0.3, 0.4) is 0 Å². The number of benzene rings is 1. The summed E-state index contributed by atoms with van der Waals surface area (Å²) in [5.41, 5.74) is 2.69. The largest absolute Gasteiger partial charge is 0.360 e. The Bertz CT molecular complexity index is 907. The topological polar surface area (TPSA) is 49.6 Å². The zero-order valence-electron chi connectivity index (χ0n) is 17.9. The number of carbonyl (C=O) groups is 1. The van der Waals surface area contributed by atoms with Crippen LogP contribution in [0.2, 0.25) is 10.0 Å². The van der Waals surface area contributed by atoms with Gasteiger partial charge in [0.25, 0.3) is 5.91 Å². The Hall–Kier alpha value is -1.56. The van der Waals surface area contributed by atoms with Gasteiger partial charge in [-0.05, 0) is 36.3 Å². The van der Waals surface area contributed by atoms with Gasteiger partial charge in [0.1, 0.15) is 5.76 Å². The number of nitrogens with zero attached hydrogens (tertiary/aromatic N) is 3. The number of hydrogen-bond acceptors (Lipinski definition) is 4. The normalized spacial score (nSPS) is 20.3. The van der Waals surface area contributed by atoms with E-state index >= 15 is 0 Å². The van der Waals surface area contributed by atoms with E-state index in [9.17, 15) is 4.79 Å². The average Bonchev–Trinajstić information content (AvgIpc) is 3.13. The van der Waals surface area contributed by atoms with E-state index in [2.05, 4.69) is 30.8 Å². The summed E-state index contributed by atoms with van der Waals surface area (Å²) in [5.74, 6) is 1.42. The second-order valence-corrected chi connectivity index (χ2v) is 10.3. The molecule has 1 amide bonds. The molecule has 1 aromatic carbocycles. The Morgan fingerprint density at radius 3 is 2.47 bits per heavy atom. The molecule has 1 unspecified atom stereocenters. The highest BCUT2D eigenvalue weighted by molar-refractivity contribution is 6.35. The Balaban J connectivity index is 1.41. The molecule has 0 N–H and O–H groups in total. The van der Waals surface area contributed by atoms with Crippen LogP contribution in [0.5, 0.6) is 0 Å². The molecular weight excluding hydrogens is 421 g/mol. The molecule has 2 aromatic rings. The Morgan fingerprint density at radius 1 is 1.17 bits per heavy atom. The van der Waals surface area contributed by atoms with Crippen molar-refractivity contribution in [1.29, 1.82) is 0 Å². The van der Waals surface area contributed by atoms with E-state index in [0.29, 0.717) is 41.3 Å². The lowest BCUT2D eigenvalue weighted by Crippen LogP contribution is -2.48. The van der Waals surface area contributed by atoms with Gasteiger partial charge in [-0.15, -0.1) is 0 Å². The lowest BCUT2D eigenvalue weighted by Gasteiger charge is -2.35. The predicted molar refractivity (Wildman–Crippen MR) is 119 cm³/mol. The van der Waals surface area contributed by atoms with Crippen LogP contribution < -0.4 is 0 Å². The Labute approximate surface area is 188 Å². The second kappa shape index (κ2) is 8.52. The van der Waals surface area contributed by atoms with Crippen LogP contribution in [-0.4, -0.2) is 47.0 Å². The van der Waals surface area contributed by atoms with Gasteiger partial charge in [-0.3, -0.25) is 9.69 Å². The van der Waals surface area contributed by atoms with Crippen molar-refractivity contribution in [2.24, 2.45) is 11.3 Å². The van der Waals surface area contributed by atoms with Crippen molar-refractivity contribution in [2.75, 3.05) is 26.2 Å². The minimum Gasteiger partial charge on any atom is -0.360 e. The van der Waals surface area contributed by atoms with Gasteiger partial charge in [0, 0.05) is 60.3 Å². The number of halogens is 2. The molecule has 30 heavy (non-hydrogen) atoms. The molecule has 1 aromatic heterocycles. The number of aryl methyl sites for hydroxylation is 1. The molecule has 0 bridgehead atoms. The number of carbonyl (C=O) groups excluding carboxylic acids is 1. The Kier molecular flexibility index (Phi) is 6.16. The number of rotatable bonds is 3. The maximum absolute atomic E-state index is 13.2. The maximum atomic E-state index is 13.2. The highest BCUT2D eigenvalue weighted by Gasteiger charge is 2.35. The third kappa shape index (κ3) is 4.39. The van der Waals surface area contributed by atoms with Crippen LogP contribution in [0.1, 0.15) is 54.6 Å². The summed E-state index contributed by atoms with van der Waals surface area (Å²) in [7, 11) is 0. The zero-order chi connectivity index (χ0) is 21.5. The number of hydrogen-bond donors (Lipinski definition) is 0. The van der Waals surface area contributed by atoms with Crippen molar-refractivity contribution in [1.82, 2.24) is 15.0 Å². The molecule has 1 aliphatic carbocycles. The van der Waals surface area contributed by atoms with Gasteiger partial charge in [-0.25, -0.2) is 0 Å². The van der Waals surface area contributed by atoms with Gasteiger partial charge < -0.3 is 9.42 Å². The zero-order valence-corrected chi connectivity index (χ0v) is 19.4. The molecule has 4 rings (SSSR count). The smallest absolute Gasteiger partial charge is 0.276 e. The van der Waals surface area contributed by atoms with Crippen molar-refractivity contribution in [3.8, 4) is 0 Å². The molecule has 1 atom stereocenters. The molecule has 5 nitrogen and oxygen atoms in total. The molecule has 0 radical (unpaired) electrons. The molecule has 0 spiro atoms.